The number of aryl methyl sites for hydroxylation is 1. The van der Waals surface area contributed by atoms with Gasteiger partial charge in [-0.25, -0.2) is 4.39 Å². The third-order valence-electron chi connectivity index (χ3n) is 5.60. The Morgan fingerprint density at radius 2 is 1.73 bits per heavy atom. The first kappa shape index (κ1) is 21.9. The van der Waals surface area contributed by atoms with Crippen LogP contribution in [0.15, 0.2) is 36.4 Å². The molecule has 0 aromatic heterocycles. The molecule has 0 bridgehead atoms. The fourth-order valence-corrected chi connectivity index (χ4v) is 3.95. The maximum Gasteiger partial charge on any atom is 0.223 e. The van der Waals surface area contributed by atoms with Crippen molar-refractivity contribution in [1.82, 2.24) is 4.90 Å². The van der Waals surface area contributed by atoms with E-state index in [2.05, 4.69) is 0 Å². The van der Waals surface area contributed by atoms with Crippen LogP contribution in [0.1, 0.15) is 17.5 Å². The molecule has 0 saturated carbocycles. The Kier molecular flexibility index (Phi) is 7.52. The van der Waals surface area contributed by atoms with Gasteiger partial charge >= 0.3 is 0 Å². The van der Waals surface area contributed by atoms with Gasteiger partial charge in [0.2, 0.25) is 5.91 Å². The van der Waals surface area contributed by atoms with E-state index in [1.165, 1.54) is 17.0 Å². The van der Waals surface area contributed by atoms with E-state index < -0.39 is 0 Å². The van der Waals surface area contributed by atoms with E-state index in [4.69, 9.17) is 14.2 Å². The van der Waals surface area contributed by atoms with Gasteiger partial charge in [-0.2, -0.15) is 0 Å². The maximum absolute atomic E-state index is 13.6. The van der Waals surface area contributed by atoms with Crippen molar-refractivity contribution in [3.05, 3.63) is 53.3 Å². The summed E-state index contributed by atoms with van der Waals surface area (Å²) in [6.45, 7) is 3.73. The number of hydrogen-bond acceptors (Lipinski definition) is 4. The Morgan fingerprint density at radius 3 is 2.40 bits per heavy atom. The fraction of sp³-hybridized carbons (Fsp3) is 0.435. The summed E-state index contributed by atoms with van der Waals surface area (Å²) in [6, 6.07) is 10.3. The number of benzene rings is 2. The normalized spacial score (nSPS) is 14.5. The van der Waals surface area contributed by atoms with Crippen molar-refractivity contribution in [2.24, 2.45) is 0 Å². The summed E-state index contributed by atoms with van der Waals surface area (Å²) < 4.78 is 29.7. The average molecular weight is 418 g/mol. The fourth-order valence-electron chi connectivity index (χ4n) is 3.95. The van der Waals surface area contributed by atoms with Gasteiger partial charge in [0.1, 0.15) is 18.1 Å². The van der Waals surface area contributed by atoms with Crippen LogP contribution in [0.2, 0.25) is 0 Å². The molecule has 1 saturated heterocycles. The standard InChI is InChI=1S/C23H29FN2O4/c1-28-20-9-8-19(24)15-18(20)16-25-11-13-26(14-12-25)22(27)10-7-17-5-4-6-21(29-2)23(17)30-3/h4-6,8-9,15H,7,10-14,16H2,1-3H3/p+1. The summed E-state index contributed by atoms with van der Waals surface area (Å²) >= 11 is 0. The van der Waals surface area contributed by atoms with Crippen LogP contribution in [-0.4, -0.2) is 58.3 Å². The number of piperazine rings is 1. The molecule has 1 aliphatic rings. The Morgan fingerprint density at radius 1 is 1.00 bits per heavy atom. The minimum Gasteiger partial charge on any atom is -0.496 e. The second-order valence-corrected chi connectivity index (χ2v) is 7.42. The minimum absolute atomic E-state index is 0.141. The highest BCUT2D eigenvalue weighted by Crippen LogP contribution is 2.31. The van der Waals surface area contributed by atoms with Gasteiger partial charge in [0, 0.05) is 6.42 Å². The van der Waals surface area contributed by atoms with E-state index in [9.17, 15) is 9.18 Å². The van der Waals surface area contributed by atoms with E-state index in [1.54, 1.807) is 27.4 Å². The number of methoxy groups -OCH3 is 3. The topological polar surface area (TPSA) is 52.4 Å². The highest BCUT2D eigenvalue weighted by molar-refractivity contribution is 5.76. The molecule has 1 N–H and O–H groups in total. The SMILES string of the molecule is COc1ccc(F)cc1C[NH+]1CCN(C(=O)CCc2cccc(OC)c2OC)CC1. The molecule has 2 aromatic carbocycles. The second-order valence-electron chi connectivity index (χ2n) is 7.42. The largest absolute Gasteiger partial charge is 0.496 e. The molecule has 0 atom stereocenters. The molecule has 2 aromatic rings. The van der Waals surface area contributed by atoms with Gasteiger partial charge in [0.25, 0.3) is 0 Å². The molecular weight excluding hydrogens is 387 g/mol. The number of hydrogen-bond donors (Lipinski definition) is 1. The Bertz CT molecular complexity index is 866. The van der Waals surface area contributed by atoms with Crippen LogP contribution < -0.4 is 19.1 Å². The predicted molar refractivity (Wildman–Crippen MR) is 112 cm³/mol. The van der Waals surface area contributed by atoms with Crippen LogP contribution in [-0.2, 0) is 17.8 Å². The molecule has 1 heterocycles. The molecule has 1 fully saturated rings. The quantitative estimate of drug-likeness (QED) is 0.711. The summed E-state index contributed by atoms with van der Waals surface area (Å²) in [5.41, 5.74) is 1.82. The molecule has 0 spiro atoms. The zero-order valence-corrected chi connectivity index (χ0v) is 17.9. The number of nitrogens with one attached hydrogen (secondary N) is 1. The molecule has 30 heavy (non-hydrogen) atoms. The Hall–Kier alpha value is -2.80. The van der Waals surface area contributed by atoms with Crippen LogP contribution in [0.25, 0.3) is 0 Å². The Balaban J connectivity index is 1.52. The van der Waals surface area contributed by atoms with Crippen molar-refractivity contribution in [1.29, 1.82) is 0 Å². The van der Waals surface area contributed by atoms with Crippen molar-refractivity contribution in [2.45, 2.75) is 19.4 Å². The number of halogens is 1. The minimum atomic E-state index is -0.257. The van der Waals surface area contributed by atoms with E-state index in [1.807, 2.05) is 23.1 Å². The number of quaternary nitrogens is 1. The van der Waals surface area contributed by atoms with Crippen molar-refractivity contribution < 1.29 is 28.3 Å². The molecule has 0 radical (unpaired) electrons. The number of ether oxygens (including phenoxy) is 3. The van der Waals surface area contributed by atoms with Crippen molar-refractivity contribution in [2.75, 3.05) is 47.5 Å². The summed E-state index contributed by atoms with van der Waals surface area (Å²) in [5, 5.41) is 0. The first-order valence-electron chi connectivity index (χ1n) is 10.2. The number of carbonyl (C=O) groups excluding carboxylic acids is 1. The lowest BCUT2D eigenvalue weighted by Gasteiger charge is -2.32. The second kappa shape index (κ2) is 10.3. The summed E-state index contributed by atoms with van der Waals surface area (Å²) in [4.78, 5) is 15.9. The number of amides is 1. The zero-order valence-electron chi connectivity index (χ0n) is 17.9. The highest BCUT2D eigenvalue weighted by Gasteiger charge is 2.25. The summed E-state index contributed by atoms with van der Waals surface area (Å²) in [6.07, 6.45) is 1.03. The summed E-state index contributed by atoms with van der Waals surface area (Å²) in [7, 11) is 4.81. The van der Waals surface area contributed by atoms with Gasteiger partial charge in [-0.1, -0.05) is 12.1 Å². The van der Waals surface area contributed by atoms with Gasteiger partial charge < -0.3 is 24.0 Å². The smallest absolute Gasteiger partial charge is 0.223 e. The average Bonchev–Trinajstić information content (AvgIpc) is 2.77. The molecule has 1 amide bonds. The van der Waals surface area contributed by atoms with Crippen LogP contribution in [0, 0.1) is 5.82 Å². The van der Waals surface area contributed by atoms with Gasteiger partial charge in [0.05, 0.1) is 53.1 Å². The first-order valence-corrected chi connectivity index (χ1v) is 10.2. The highest BCUT2D eigenvalue weighted by atomic mass is 19.1. The van der Waals surface area contributed by atoms with Gasteiger partial charge in [-0.3, -0.25) is 4.79 Å². The first-order chi connectivity index (χ1) is 14.5. The number of carbonyl (C=O) groups is 1. The summed E-state index contributed by atoms with van der Waals surface area (Å²) in [5.74, 6) is 1.95. The molecular formula is C23H30FN2O4+. The lowest BCUT2D eigenvalue weighted by atomic mass is 10.1. The molecule has 3 rings (SSSR count). The van der Waals surface area contributed by atoms with Crippen molar-refractivity contribution in [3.63, 3.8) is 0 Å². The molecule has 7 heteroatoms. The monoisotopic (exact) mass is 417 g/mol. The van der Waals surface area contributed by atoms with Gasteiger partial charge in [-0.05, 0) is 36.2 Å². The number of para-hydroxylation sites is 1. The molecule has 0 aliphatic carbocycles. The molecule has 0 unspecified atom stereocenters. The molecule has 162 valence electrons. The van der Waals surface area contributed by atoms with Gasteiger partial charge in [0.15, 0.2) is 11.5 Å². The van der Waals surface area contributed by atoms with Crippen LogP contribution in [0.3, 0.4) is 0 Å². The molecule has 1 aliphatic heterocycles. The van der Waals surface area contributed by atoms with Crippen LogP contribution in [0.5, 0.6) is 17.2 Å². The zero-order chi connectivity index (χ0) is 21.5. The lowest BCUT2D eigenvalue weighted by molar-refractivity contribution is -0.917. The Labute approximate surface area is 177 Å². The van der Waals surface area contributed by atoms with Crippen molar-refractivity contribution >= 4 is 5.91 Å². The van der Waals surface area contributed by atoms with E-state index >= 15 is 0 Å². The third kappa shape index (κ3) is 5.21. The van der Waals surface area contributed by atoms with E-state index in [0.717, 1.165) is 24.2 Å². The maximum atomic E-state index is 13.6. The lowest BCUT2D eigenvalue weighted by Crippen LogP contribution is -3.13. The number of rotatable bonds is 8. The van der Waals surface area contributed by atoms with Crippen LogP contribution >= 0.6 is 0 Å². The van der Waals surface area contributed by atoms with Crippen LogP contribution in [0.4, 0.5) is 4.39 Å². The molecule has 6 nitrogen and oxygen atoms in total. The predicted octanol–water partition coefficient (Wildman–Crippen LogP) is 1.71. The van der Waals surface area contributed by atoms with Gasteiger partial charge in [-0.15, -0.1) is 0 Å². The third-order valence-corrected chi connectivity index (χ3v) is 5.60. The van der Waals surface area contributed by atoms with Crippen molar-refractivity contribution in [3.8, 4) is 17.2 Å². The number of nitrogens with zero attached hydrogens (tertiary/aromatic N) is 1. The van der Waals surface area contributed by atoms with E-state index in [0.29, 0.717) is 49.7 Å². The van der Waals surface area contributed by atoms with E-state index in [-0.39, 0.29) is 11.7 Å².